The van der Waals surface area contributed by atoms with Crippen LogP contribution in [0.15, 0.2) is 4.52 Å². The van der Waals surface area contributed by atoms with Crippen molar-refractivity contribution in [1.29, 1.82) is 0 Å². The molecule has 1 saturated heterocycles. The molecule has 1 atom stereocenters. The van der Waals surface area contributed by atoms with E-state index in [1.165, 1.54) is 0 Å². The Morgan fingerprint density at radius 1 is 1.47 bits per heavy atom. The van der Waals surface area contributed by atoms with Crippen LogP contribution in [-0.4, -0.2) is 39.3 Å². The highest BCUT2D eigenvalue weighted by atomic mass is 16.5. The van der Waals surface area contributed by atoms with Crippen LogP contribution in [0.5, 0.6) is 0 Å². The number of hydrogen-bond donors (Lipinski definition) is 1. The molecule has 5 nitrogen and oxygen atoms in total. The van der Waals surface area contributed by atoms with Crippen molar-refractivity contribution in [2.45, 2.75) is 38.8 Å². The van der Waals surface area contributed by atoms with E-state index in [0.29, 0.717) is 11.7 Å². The van der Waals surface area contributed by atoms with Gasteiger partial charge in [-0.15, -0.1) is 0 Å². The number of piperidine rings is 1. The maximum absolute atomic E-state index is 9.41. The first-order chi connectivity index (χ1) is 7.16. The van der Waals surface area contributed by atoms with Gasteiger partial charge in [0, 0.05) is 13.1 Å². The fourth-order valence-corrected chi connectivity index (χ4v) is 1.91. The number of likely N-dealkylation sites (tertiary alicyclic amines) is 1. The molecule has 2 rings (SSSR count). The van der Waals surface area contributed by atoms with Crippen molar-refractivity contribution in [3.8, 4) is 0 Å². The van der Waals surface area contributed by atoms with Crippen LogP contribution in [0.25, 0.3) is 0 Å². The van der Waals surface area contributed by atoms with Crippen LogP contribution in [0.3, 0.4) is 0 Å². The van der Waals surface area contributed by atoms with E-state index in [1.807, 2.05) is 6.92 Å². The van der Waals surface area contributed by atoms with E-state index in [9.17, 15) is 5.11 Å². The molecule has 0 unspecified atom stereocenters. The highest BCUT2D eigenvalue weighted by molar-refractivity contribution is 4.91. The Bertz CT molecular complexity index is 318. The lowest BCUT2D eigenvalue weighted by atomic mass is 10.1. The van der Waals surface area contributed by atoms with Crippen LogP contribution in [0, 0.1) is 6.92 Å². The summed E-state index contributed by atoms with van der Waals surface area (Å²) in [7, 11) is 0. The summed E-state index contributed by atoms with van der Waals surface area (Å²) in [6, 6.07) is 0.152. The minimum atomic E-state index is -0.141. The molecular weight excluding hydrogens is 194 g/mol. The summed E-state index contributed by atoms with van der Waals surface area (Å²) in [5.41, 5.74) is 0. The van der Waals surface area contributed by atoms with E-state index in [2.05, 4.69) is 22.0 Å². The van der Waals surface area contributed by atoms with Crippen LogP contribution in [0.4, 0.5) is 0 Å². The second-order valence-corrected chi connectivity index (χ2v) is 4.12. The first-order valence-electron chi connectivity index (χ1n) is 5.39. The number of hydrogen-bond acceptors (Lipinski definition) is 5. The molecule has 0 spiro atoms. The zero-order chi connectivity index (χ0) is 10.8. The number of aromatic nitrogens is 2. The van der Waals surface area contributed by atoms with Crippen molar-refractivity contribution in [2.75, 3.05) is 13.1 Å². The van der Waals surface area contributed by atoms with Crippen molar-refractivity contribution in [3.05, 3.63) is 11.7 Å². The normalized spacial score (nSPS) is 21.8. The molecule has 1 aromatic heterocycles. The Balaban J connectivity index is 1.99. The summed E-state index contributed by atoms with van der Waals surface area (Å²) in [5, 5.41) is 13.2. The highest BCUT2D eigenvalue weighted by Gasteiger charge is 2.25. The molecule has 1 aliphatic heterocycles. The molecule has 0 aliphatic carbocycles. The molecule has 84 valence electrons. The first kappa shape index (κ1) is 10.6. The van der Waals surface area contributed by atoms with Gasteiger partial charge in [-0.25, -0.2) is 0 Å². The van der Waals surface area contributed by atoms with Crippen LogP contribution < -0.4 is 0 Å². The topological polar surface area (TPSA) is 62.4 Å². The summed E-state index contributed by atoms with van der Waals surface area (Å²) in [5.74, 6) is 1.35. The van der Waals surface area contributed by atoms with Gasteiger partial charge in [-0.2, -0.15) is 4.98 Å². The third-order valence-corrected chi connectivity index (χ3v) is 2.95. The fraction of sp³-hybridized carbons (Fsp3) is 0.800. The van der Waals surface area contributed by atoms with Crippen molar-refractivity contribution in [1.82, 2.24) is 15.0 Å². The summed E-state index contributed by atoms with van der Waals surface area (Å²) < 4.78 is 5.14. The molecule has 5 heteroatoms. The van der Waals surface area contributed by atoms with E-state index >= 15 is 0 Å². The highest BCUT2D eigenvalue weighted by Crippen LogP contribution is 2.22. The largest absolute Gasteiger partial charge is 0.393 e. The van der Waals surface area contributed by atoms with Gasteiger partial charge in [0.15, 0.2) is 5.82 Å². The molecule has 2 heterocycles. The van der Waals surface area contributed by atoms with Crippen molar-refractivity contribution in [2.24, 2.45) is 0 Å². The van der Waals surface area contributed by atoms with E-state index in [-0.39, 0.29) is 12.1 Å². The van der Waals surface area contributed by atoms with E-state index in [4.69, 9.17) is 4.52 Å². The zero-order valence-electron chi connectivity index (χ0n) is 9.18. The molecule has 0 bridgehead atoms. The predicted molar refractivity (Wildman–Crippen MR) is 54.3 cm³/mol. The molecule has 0 amide bonds. The standard InChI is InChI=1S/C10H17N3O2/c1-7(10-11-8(2)12-15-10)13-5-3-9(14)4-6-13/h7,9,14H,3-6H2,1-2H3/t7-/m0/s1. The van der Waals surface area contributed by atoms with Gasteiger partial charge in [0.2, 0.25) is 5.89 Å². The summed E-state index contributed by atoms with van der Waals surface area (Å²) >= 11 is 0. The summed E-state index contributed by atoms with van der Waals surface area (Å²) in [6.45, 7) is 5.66. The van der Waals surface area contributed by atoms with E-state index < -0.39 is 0 Å². The average Bonchev–Trinajstić information content (AvgIpc) is 2.65. The zero-order valence-corrected chi connectivity index (χ0v) is 9.18. The lowest BCUT2D eigenvalue weighted by molar-refractivity contribution is 0.0564. The van der Waals surface area contributed by atoms with Gasteiger partial charge in [0.05, 0.1) is 12.1 Å². The van der Waals surface area contributed by atoms with Gasteiger partial charge in [0.1, 0.15) is 0 Å². The smallest absolute Gasteiger partial charge is 0.243 e. The molecule has 1 aromatic rings. The number of rotatable bonds is 2. The van der Waals surface area contributed by atoms with Gasteiger partial charge in [-0.05, 0) is 26.7 Å². The van der Waals surface area contributed by atoms with Crippen molar-refractivity contribution < 1.29 is 9.63 Å². The second-order valence-electron chi connectivity index (χ2n) is 4.12. The van der Waals surface area contributed by atoms with Crippen LogP contribution in [0.1, 0.15) is 37.5 Å². The summed E-state index contributed by atoms with van der Waals surface area (Å²) in [6.07, 6.45) is 1.52. The molecule has 15 heavy (non-hydrogen) atoms. The minimum absolute atomic E-state index is 0.141. The Morgan fingerprint density at radius 3 is 2.67 bits per heavy atom. The lowest BCUT2D eigenvalue weighted by Gasteiger charge is -2.32. The molecule has 0 saturated carbocycles. The summed E-state index contributed by atoms with van der Waals surface area (Å²) in [4.78, 5) is 6.49. The fourth-order valence-electron chi connectivity index (χ4n) is 1.91. The van der Waals surface area contributed by atoms with Gasteiger partial charge < -0.3 is 9.63 Å². The van der Waals surface area contributed by atoms with Gasteiger partial charge in [-0.1, -0.05) is 5.16 Å². The monoisotopic (exact) mass is 211 g/mol. The maximum Gasteiger partial charge on any atom is 0.243 e. The quantitative estimate of drug-likeness (QED) is 0.787. The van der Waals surface area contributed by atoms with Crippen molar-refractivity contribution in [3.63, 3.8) is 0 Å². The number of aliphatic hydroxyl groups excluding tert-OH is 1. The van der Waals surface area contributed by atoms with Gasteiger partial charge >= 0.3 is 0 Å². The molecule has 0 radical (unpaired) electrons. The van der Waals surface area contributed by atoms with Crippen molar-refractivity contribution >= 4 is 0 Å². The minimum Gasteiger partial charge on any atom is -0.393 e. The molecule has 0 aromatic carbocycles. The Labute approximate surface area is 89.1 Å². The van der Waals surface area contributed by atoms with Gasteiger partial charge in [-0.3, -0.25) is 4.90 Å². The van der Waals surface area contributed by atoms with Gasteiger partial charge in [0.25, 0.3) is 0 Å². The number of aliphatic hydroxyl groups is 1. The molecular formula is C10H17N3O2. The predicted octanol–water partition coefficient (Wildman–Crippen LogP) is 0.896. The van der Waals surface area contributed by atoms with Crippen LogP contribution >= 0.6 is 0 Å². The average molecular weight is 211 g/mol. The Hall–Kier alpha value is -0.940. The third kappa shape index (κ3) is 2.35. The first-order valence-corrected chi connectivity index (χ1v) is 5.39. The Kier molecular flexibility index (Phi) is 3.02. The lowest BCUT2D eigenvalue weighted by Crippen LogP contribution is -2.37. The molecule has 1 aliphatic rings. The SMILES string of the molecule is Cc1noc([C@H](C)N2CCC(O)CC2)n1. The second kappa shape index (κ2) is 4.28. The molecule has 1 fully saturated rings. The van der Waals surface area contributed by atoms with Crippen LogP contribution in [0.2, 0.25) is 0 Å². The van der Waals surface area contributed by atoms with E-state index in [1.54, 1.807) is 0 Å². The third-order valence-electron chi connectivity index (χ3n) is 2.95. The van der Waals surface area contributed by atoms with Crippen LogP contribution in [-0.2, 0) is 0 Å². The number of nitrogens with zero attached hydrogens (tertiary/aromatic N) is 3. The maximum atomic E-state index is 9.41. The number of aryl methyl sites for hydroxylation is 1. The van der Waals surface area contributed by atoms with E-state index in [0.717, 1.165) is 25.9 Å². The Morgan fingerprint density at radius 2 is 2.13 bits per heavy atom. The molecule has 1 N–H and O–H groups in total.